The molecule has 1 aromatic rings. The molecular formula is C18H25BrFNO3. The molecule has 1 amide bonds. The Bertz CT molecular complexity index is 550. The van der Waals surface area contributed by atoms with Gasteiger partial charge < -0.3 is 10.1 Å². The first-order valence-corrected chi connectivity index (χ1v) is 8.97. The number of Topliss-reactive ketones (excluding diaryl/α,β-unsaturated/α-hetero) is 1. The summed E-state index contributed by atoms with van der Waals surface area (Å²) in [5.74, 6) is -0.643. The molecule has 0 unspecified atom stereocenters. The number of hydrogen-bond donors (Lipinski definition) is 1. The maximum atomic E-state index is 14.4. The number of benzene rings is 1. The van der Waals surface area contributed by atoms with Gasteiger partial charge in [0.1, 0.15) is 5.60 Å². The van der Waals surface area contributed by atoms with Crippen molar-refractivity contribution in [3.8, 4) is 0 Å². The van der Waals surface area contributed by atoms with Crippen LogP contribution in [0.25, 0.3) is 0 Å². The summed E-state index contributed by atoms with van der Waals surface area (Å²) in [6.07, 6.45) is -0.540. The van der Waals surface area contributed by atoms with Gasteiger partial charge in [-0.3, -0.25) is 4.79 Å². The second-order valence-corrected chi connectivity index (χ2v) is 6.73. The lowest BCUT2D eigenvalue weighted by atomic mass is 9.94. The molecule has 0 aliphatic carbocycles. The SMILES string of the molecule is CCC(CC)(CC)OC(=O)N[C@H](c1ccc(Br)cc1)[C@H](F)C(C)=O. The minimum absolute atomic E-state index is 0.507. The number of alkyl halides is 1. The monoisotopic (exact) mass is 401 g/mol. The second kappa shape index (κ2) is 9.16. The van der Waals surface area contributed by atoms with Gasteiger partial charge >= 0.3 is 6.09 Å². The van der Waals surface area contributed by atoms with Gasteiger partial charge in [0.2, 0.25) is 0 Å². The largest absolute Gasteiger partial charge is 0.443 e. The van der Waals surface area contributed by atoms with Crippen molar-refractivity contribution in [2.45, 2.75) is 64.8 Å². The minimum atomic E-state index is -1.84. The van der Waals surface area contributed by atoms with Crippen LogP contribution in [0.1, 0.15) is 58.6 Å². The summed E-state index contributed by atoms with van der Waals surface area (Å²) in [7, 11) is 0. The molecule has 0 radical (unpaired) electrons. The van der Waals surface area contributed by atoms with E-state index >= 15 is 0 Å². The molecule has 0 fully saturated rings. The predicted octanol–water partition coefficient (Wildman–Crippen LogP) is 5.11. The summed E-state index contributed by atoms with van der Waals surface area (Å²) < 4.78 is 20.8. The van der Waals surface area contributed by atoms with Crippen molar-refractivity contribution in [1.29, 1.82) is 0 Å². The molecule has 0 aliphatic heterocycles. The summed E-state index contributed by atoms with van der Waals surface area (Å²) in [6, 6.07) is 5.72. The quantitative estimate of drug-likeness (QED) is 0.657. The molecule has 1 aromatic carbocycles. The molecule has 24 heavy (non-hydrogen) atoms. The molecule has 1 N–H and O–H groups in total. The van der Waals surface area contributed by atoms with Crippen molar-refractivity contribution in [1.82, 2.24) is 5.32 Å². The van der Waals surface area contributed by atoms with Crippen LogP contribution in [-0.4, -0.2) is 23.6 Å². The number of carbonyl (C=O) groups excluding carboxylic acids is 2. The van der Waals surface area contributed by atoms with E-state index in [0.29, 0.717) is 24.8 Å². The highest BCUT2D eigenvalue weighted by atomic mass is 79.9. The van der Waals surface area contributed by atoms with Gasteiger partial charge in [0.25, 0.3) is 0 Å². The number of nitrogens with one attached hydrogen (secondary N) is 1. The Hall–Kier alpha value is -1.43. The van der Waals surface area contributed by atoms with Gasteiger partial charge in [-0.25, -0.2) is 9.18 Å². The summed E-state index contributed by atoms with van der Waals surface area (Å²) in [5.41, 5.74) is -0.0657. The van der Waals surface area contributed by atoms with Crippen LogP contribution in [-0.2, 0) is 9.53 Å². The average molecular weight is 402 g/mol. The van der Waals surface area contributed by atoms with Crippen LogP contribution in [0, 0.1) is 0 Å². The molecule has 0 aromatic heterocycles. The van der Waals surface area contributed by atoms with E-state index in [1.165, 1.54) is 0 Å². The number of ether oxygens (including phenoxy) is 1. The first kappa shape index (κ1) is 20.6. The fourth-order valence-electron chi connectivity index (χ4n) is 2.55. The summed E-state index contributed by atoms with van der Waals surface area (Å²) in [5, 5.41) is 2.52. The Labute approximate surface area is 151 Å². The van der Waals surface area contributed by atoms with Crippen LogP contribution in [0.5, 0.6) is 0 Å². The lowest BCUT2D eigenvalue weighted by Crippen LogP contribution is -2.42. The number of alkyl carbamates (subject to hydrolysis) is 1. The van der Waals surface area contributed by atoms with Crippen LogP contribution in [0.4, 0.5) is 9.18 Å². The number of amides is 1. The van der Waals surface area contributed by atoms with Crippen molar-refractivity contribution >= 4 is 27.8 Å². The van der Waals surface area contributed by atoms with E-state index in [1.54, 1.807) is 24.3 Å². The molecule has 134 valence electrons. The van der Waals surface area contributed by atoms with Gasteiger partial charge in [0.15, 0.2) is 12.0 Å². The molecule has 6 heteroatoms. The lowest BCUT2D eigenvalue weighted by Gasteiger charge is -2.31. The van der Waals surface area contributed by atoms with Gasteiger partial charge in [-0.2, -0.15) is 0 Å². The standard InChI is InChI=1S/C18H25BrFNO3/c1-5-18(6-2,7-3)24-17(23)21-16(15(20)12(4)22)13-8-10-14(19)11-9-13/h8-11,15-16H,5-7H2,1-4H3,(H,21,23)/t15-,16-/m1/s1. The van der Waals surface area contributed by atoms with Crippen LogP contribution in [0.15, 0.2) is 28.7 Å². The van der Waals surface area contributed by atoms with Crippen LogP contribution in [0.3, 0.4) is 0 Å². The van der Waals surface area contributed by atoms with Crippen molar-refractivity contribution in [2.75, 3.05) is 0 Å². The van der Waals surface area contributed by atoms with E-state index in [9.17, 15) is 14.0 Å². The van der Waals surface area contributed by atoms with E-state index < -0.39 is 29.7 Å². The highest BCUT2D eigenvalue weighted by molar-refractivity contribution is 9.10. The van der Waals surface area contributed by atoms with E-state index in [-0.39, 0.29) is 0 Å². The Balaban J connectivity index is 2.98. The van der Waals surface area contributed by atoms with Crippen molar-refractivity contribution < 1.29 is 18.7 Å². The van der Waals surface area contributed by atoms with Crippen molar-refractivity contribution in [3.63, 3.8) is 0 Å². The maximum absolute atomic E-state index is 14.4. The van der Waals surface area contributed by atoms with E-state index in [2.05, 4.69) is 21.2 Å². The molecule has 0 saturated carbocycles. The van der Waals surface area contributed by atoms with E-state index in [0.717, 1.165) is 11.4 Å². The van der Waals surface area contributed by atoms with E-state index in [1.807, 2.05) is 20.8 Å². The Kier molecular flexibility index (Phi) is 7.87. The number of ketones is 1. The van der Waals surface area contributed by atoms with Crippen LogP contribution < -0.4 is 5.32 Å². The van der Waals surface area contributed by atoms with Gasteiger partial charge in [0.05, 0.1) is 6.04 Å². The molecule has 0 bridgehead atoms. The molecular weight excluding hydrogens is 377 g/mol. The third-order valence-corrected chi connectivity index (χ3v) is 4.95. The summed E-state index contributed by atoms with van der Waals surface area (Å²) in [4.78, 5) is 23.8. The molecule has 1 rings (SSSR count). The number of halogens is 2. The van der Waals surface area contributed by atoms with Gasteiger partial charge in [0, 0.05) is 4.47 Å². The lowest BCUT2D eigenvalue weighted by molar-refractivity contribution is -0.122. The molecule has 0 aliphatic rings. The number of carbonyl (C=O) groups is 2. The Morgan fingerprint density at radius 3 is 2.08 bits per heavy atom. The van der Waals surface area contributed by atoms with Gasteiger partial charge in [-0.05, 0) is 43.9 Å². The highest BCUT2D eigenvalue weighted by Crippen LogP contribution is 2.27. The fourth-order valence-corrected chi connectivity index (χ4v) is 2.81. The van der Waals surface area contributed by atoms with Crippen molar-refractivity contribution in [3.05, 3.63) is 34.3 Å². The average Bonchev–Trinajstić information content (AvgIpc) is 2.58. The maximum Gasteiger partial charge on any atom is 0.408 e. The normalized spacial score (nSPS) is 13.9. The third-order valence-electron chi connectivity index (χ3n) is 4.43. The zero-order valence-electron chi connectivity index (χ0n) is 14.6. The van der Waals surface area contributed by atoms with Crippen LogP contribution in [0.2, 0.25) is 0 Å². The zero-order chi connectivity index (χ0) is 18.3. The molecule has 0 spiro atoms. The Morgan fingerprint density at radius 1 is 1.17 bits per heavy atom. The molecule has 0 saturated heterocycles. The fraction of sp³-hybridized carbons (Fsp3) is 0.556. The van der Waals surface area contributed by atoms with Crippen LogP contribution >= 0.6 is 15.9 Å². The second-order valence-electron chi connectivity index (χ2n) is 5.82. The van der Waals surface area contributed by atoms with Crippen molar-refractivity contribution in [2.24, 2.45) is 0 Å². The first-order chi connectivity index (χ1) is 11.3. The smallest absolute Gasteiger partial charge is 0.408 e. The van der Waals surface area contributed by atoms with E-state index in [4.69, 9.17) is 4.74 Å². The zero-order valence-corrected chi connectivity index (χ0v) is 16.2. The summed E-state index contributed by atoms with van der Waals surface area (Å²) >= 11 is 3.31. The van der Waals surface area contributed by atoms with Gasteiger partial charge in [-0.1, -0.05) is 48.8 Å². The summed E-state index contributed by atoms with van der Waals surface area (Å²) in [6.45, 7) is 7.00. The predicted molar refractivity (Wildman–Crippen MR) is 95.7 cm³/mol. The minimum Gasteiger partial charge on any atom is -0.443 e. The molecule has 0 heterocycles. The third kappa shape index (κ3) is 5.30. The molecule has 4 nitrogen and oxygen atoms in total. The first-order valence-electron chi connectivity index (χ1n) is 8.18. The molecule has 2 atom stereocenters. The number of hydrogen-bond acceptors (Lipinski definition) is 3. The number of rotatable bonds is 8. The highest BCUT2D eigenvalue weighted by Gasteiger charge is 2.33. The Morgan fingerprint density at radius 2 is 1.67 bits per heavy atom. The topological polar surface area (TPSA) is 55.4 Å². The van der Waals surface area contributed by atoms with Gasteiger partial charge in [-0.15, -0.1) is 0 Å².